The number of hydrogen-bond donors (Lipinski definition) is 0. The average molecular weight is 251 g/mol. The average Bonchev–Trinajstić information content (AvgIpc) is 2.82. The number of aromatic nitrogens is 3. The summed E-state index contributed by atoms with van der Waals surface area (Å²) in [5.41, 5.74) is 3.58. The van der Waals surface area contributed by atoms with Crippen LogP contribution in [0.25, 0.3) is 5.65 Å². The third-order valence-electron chi connectivity index (χ3n) is 3.11. The summed E-state index contributed by atoms with van der Waals surface area (Å²) in [5, 5.41) is 8.27. The van der Waals surface area contributed by atoms with Crippen molar-refractivity contribution < 1.29 is 4.79 Å². The molecule has 0 aliphatic rings. The fourth-order valence-electron chi connectivity index (χ4n) is 2.20. The number of pyridine rings is 1. The quantitative estimate of drug-likeness (QED) is 0.672. The minimum absolute atomic E-state index is 0.561. The largest absolute Gasteiger partial charge is 0.298 e. The SMILES string of the molecule is Cc1cccc(Cc2nnc3c(C=O)cccn23)c1. The van der Waals surface area contributed by atoms with E-state index in [1.165, 1.54) is 11.1 Å². The van der Waals surface area contributed by atoms with E-state index in [4.69, 9.17) is 0 Å². The second-order valence-corrected chi connectivity index (χ2v) is 4.56. The molecule has 2 heterocycles. The molecule has 0 atom stereocenters. The molecule has 0 saturated carbocycles. The van der Waals surface area contributed by atoms with Crippen molar-refractivity contribution in [2.24, 2.45) is 0 Å². The molecule has 19 heavy (non-hydrogen) atoms. The molecule has 4 nitrogen and oxygen atoms in total. The zero-order valence-corrected chi connectivity index (χ0v) is 10.6. The van der Waals surface area contributed by atoms with E-state index in [1.54, 1.807) is 6.07 Å². The van der Waals surface area contributed by atoms with Crippen molar-refractivity contribution in [1.82, 2.24) is 14.6 Å². The van der Waals surface area contributed by atoms with Gasteiger partial charge >= 0.3 is 0 Å². The number of aryl methyl sites for hydroxylation is 1. The smallest absolute Gasteiger partial charge is 0.171 e. The number of fused-ring (bicyclic) bond motifs is 1. The molecule has 0 aliphatic carbocycles. The summed E-state index contributed by atoms with van der Waals surface area (Å²) >= 11 is 0. The lowest BCUT2D eigenvalue weighted by molar-refractivity contribution is 0.112. The first-order valence-electron chi connectivity index (χ1n) is 6.11. The van der Waals surface area contributed by atoms with E-state index < -0.39 is 0 Å². The lowest BCUT2D eigenvalue weighted by Crippen LogP contribution is -1.97. The number of carbonyl (C=O) groups is 1. The number of carbonyl (C=O) groups excluding carboxylic acids is 1. The maximum absolute atomic E-state index is 11.0. The Hall–Kier alpha value is -2.49. The van der Waals surface area contributed by atoms with Crippen LogP contribution in [0.5, 0.6) is 0 Å². The molecule has 0 spiro atoms. The first-order valence-corrected chi connectivity index (χ1v) is 6.11. The van der Waals surface area contributed by atoms with Gasteiger partial charge in [-0.15, -0.1) is 10.2 Å². The van der Waals surface area contributed by atoms with Crippen molar-refractivity contribution in [1.29, 1.82) is 0 Å². The zero-order chi connectivity index (χ0) is 13.2. The van der Waals surface area contributed by atoms with Gasteiger partial charge in [-0.2, -0.15) is 0 Å². The molecule has 3 rings (SSSR count). The first kappa shape index (κ1) is 11.6. The van der Waals surface area contributed by atoms with Gasteiger partial charge in [0.05, 0.1) is 5.56 Å². The third kappa shape index (κ3) is 2.12. The summed E-state index contributed by atoms with van der Waals surface area (Å²) in [6.45, 7) is 2.07. The maximum Gasteiger partial charge on any atom is 0.171 e. The molecule has 0 saturated heterocycles. The monoisotopic (exact) mass is 251 g/mol. The van der Waals surface area contributed by atoms with Gasteiger partial charge in [0.15, 0.2) is 11.9 Å². The number of benzene rings is 1. The lowest BCUT2D eigenvalue weighted by Gasteiger charge is -2.02. The van der Waals surface area contributed by atoms with Crippen LogP contribution in [0.15, 0.2) is 42.6 Å². The van der Waals surface area contributed by atoms with E-state index in [2.05, 4.69) is 35.3 Å². The molecule has 0 unspecified atom stereocenters. The Kier molecular flexibility index (Phi) is 2.83. The molecule has 2 aromatic heterocycles. The molecule has 94 valence electrons. The predicted octanol–water partition coefficient (Wildman–Crippen LogP) is 2.44. The molecule has 0 bridgehead atoms. The van der Waals surface area contributed by atoms with Crippen molar-refractivity contribution in [2.45, 2.75) is 13.3 Å². The van der Waals surface area contributed by atoms with Crippen molar-refractivity contribution in [3.8, 4) is 0 Å². The standard InChI is InChI=1S/C15H13N3O/c1-11-4-2-5-12(8-11)9-14-16-17-15-13(10-19)6-3-7-18(14)15/h2-8,10H,9H2,1H3. The Bertz CT molecular complexity index is 746. The van der Waals surface area contributed by atoms with Crippen LogP contribution in [0.4, 0.5) is 0 Å². The van der Waals surface area contributed by atoms with E-state index in [9.17, 15) is 4.79 Å². The van der Waals surface area contributed by atoms with Crippen LogP contribution >= 0.6 is 0 Å². The van der Waals surface area contributed by atoms with Gasteiger partial charge in [0.25, 0.3) is 0 Å². The number of aldehydes is 1. The fraction of sp³-hybridized carbons (Fsp3) is 0.133. The number of rotatable bonds is 3. The molecule has 0 aliphatic heterocycles. The van der Waals surface area contributed by atoms with Gasteiger partial charge in [-0.3, -0.25) is 9.20 Å². The summed E-state index contributed by atoms with van der Waals surface area (Å²) in [7, 11) is 0. The predicted molar refractivity (Wildman–Crippen MR) is 72.4 cm³/mol. The van der Waals surface area contributed by atoms with Crippen molar-refractivity contribution in [3.63, 3.8) is 0 Å². The molecule has 0 fully saturated rings. The molecule has 0 radical (unpaired) electrons. The normalized spacial score (nSPS) is 10.8. The fourth-order valence-corrected chi connectivity index (χ4v) is 2.20. The molecule has 3 aromatic rings. The molecular weight excluding hydrogens is 238 g/mol. The second kappa shape index (κ2) is 4.65. The minimum atomic E-state index is 0.561. The maximum atomic E-state index is 11.0. The lowest BCUT2D eigenvalue weighted by atomic mass is 10.1. The Morgan fingerprint density at radius 1 is 1.21 bits per heavy atom. The van der Waals surface area contributed by atoms with Crippen LogP contribution in [-0.2, 0) is 6.42 Å². The molecule has 1 aromatic carbocycles. The van der Waals surface area contributed by atoms with Crippen LogP contribution < -0.4 is 0 Å². The van der Waals surface area contributed by atoms with Crippen molar-refractivity contribution in [3.05, 3.63) is 65.1 Å². The summed E-state index contributed by atoms with van der Waals surface area (Å²) in [6.07, 6.45) is 3.39. The number of hydrogen-bond acceptors (Lipinski definition) is 3. The highest BCUT2D eigenvalue weighted by molar-refractivity contribution is 5.83. The van der Waals surface area contributed by atoms with Crippen LogP contribution in [0.1, 0.15) is 27.3 Å². The minimum Gasteiger partial charge on any atom is -0.298 e. The van der Waals surface area contributed by atoms with Crippen LogP contribution in [0.3, 0.4) is 0 Å². The highest BCUT2D eigenvalue weighted by Gasteiger charge is 2.09. The summed E-state index contributed by atoms with van der Waals surface area (Å²) in [4.78, 5) is 11.0. The Morgan fingerprint density at radius 3 is 2.89 bits per heavy atom. The first-order chi connectivity index (χ1) is 9.28. The van der Waals surface area contributed by atoms with Gasteiger partial charge in [0, 0.05) is 12.6 Å². The Labute approximate surface area is 110 Å². The highest BCUT2D eigenvalue weighted by Crippen LogP contribution is 2.13. The second-order valence-electron chi connectivity index (χ2n) is 4.56. The van der Waals surface area contributed by atoms with E-state index in [0.29, 0.717) is 17.6 Å². The van der Waals surface area contributed by atoms with E-state index in [-0.39, 0.29) is 0 Å². The summed E-state index contributed by atoms with van der Waals surface area (Å²) < 4.78 is 1.87. The van der Waals surface area contributed by atoms with Crippen molar-refractivity contribution in [2.75, 3.05) is 0 Å². The summed E-state index contributed by atoms with van der Waals surface area (Å²) in [6, 6.07) is 11.9. The third-order valence-corrected chi connectivity index (χ3v) is 3.11. The van der Waals surface area contributed by atoms with Gasteiger partial charge < -0.3 is 0 Å². The van der Waals surface area contributed by atoms with Gasteiger partial charge in [0.1, 0.15) is 5.82 Å². The molecular formula is C15H13N3O. The van der Waals surface area contributed by atoms with Crippen LogP contribution in [0, 0.1) is 6.92 Å². The van der Waals surface area contributed by atoms with E-state index >= 15 is 0 Å². The molecule has 4 heteroatoms. The topological polar surface area (TPSA) is 47.3 Å². The summed E-state index contributed by atoms with van der Waals surface area (Å²) in [5.74, 6) is 0.837. The number of nitrogens with zero attached hydrogens (tertiary/aromatic N) is 3. The van der Waals surface area contributed by atoms with E-state index in [0.717, 1.165) is 12.1 Å². The van der Waals surface area contributed by atoms with Gasteiger partial charge in [-0.25, -0.2) is 0 Å². The Morgan fingerprint density at radius 2 is 2.11 bits per heavy atom. The van der Waals surface area contributed by atoms with Gasteiger partial charge in [-0.05, 0) is 24.6 Å². The highest BCUT2D eigenvalue weighted by atomic mass is 16.1. The van der Waals surface area contributed by atoms with Crippen LogP contribution in [0.2, 0.25) is 0 Å². The Balaban J connectivity index is 2.04. The van der Waals surface area contributed by atoms with Crippen LogP contribution in [-0.4, -0.2) is 20.9 Å². The van der Waals surface area contributed by atoms with E-state index in [1.807, 2.05) is 22.7 Å². The molecule has 0 amide bonds. The zero-order valence-electron chi connectivity index (χ0n) is 10.6. The van der Waals surface area contributed by atoms with Gasteiger partial charge in [0.2, 0.25) is 0 Å². The molecule has 0 N–H and O–H groups in total. The van der Waals surface area contributed by atoms with Gasteiger partial charge in [-0.1, -0.05) is 29.8 Å². The van der Waals surface area contributed by atoms with Crippen molar-refractivity contribution >= 4 is 11.9 Å².